The Balaban J connectivity index is 1.08. The molecule has 11 heteroatoms. The van der Waals surface area contributed by atoms with E-state index in [1.54, 1.807) is 11.1 Å². The van der Waals surface area contributed by atoms with Gasteiger partial charge in [-0.15, -0.1) is 0 Å². The summed E-state index contributed by atoms with van der Waals surface area (Å²) < 4.78 is 2.09. The van der Waals surface area contributed by atoms with Crippen molar-refractivity contribution >= 4 is 34.4 Å². The van der Waals surface area contributed by atoms with Crippen LogP contribution in [-0.4, -0.2) is 106 Å². The molecule has 0 unspecified atom stereocenters. The number of carbonyl (C=O) groups excluding carboxylic acids is 2. The van der Waals surface area contributed by atoms with Gasteiger partial charge in [0.05, 0.1) is 11.6 Å². The Hall–Kier alpha value is -4.17. The number of fused-ring (bicyclic) bond motifs is 1. The van der Waals surface area contributed by atoms with E-state index in [0.717, 1.165) is 93.9 Å². The number of benzene rings is 1. The summed E-state index contributed by atoms with van der Waals surface area (Å²) in [4.78, 5) is 43.2. The first kappa shape index (κ1) is 28.9. The maximum Gasteiger partial charge on any atom is 0.236 e. The fourth-order valence-corrected chi connectivity index (χ4v) is 6.77. The summed E-state index contributed by atoms with van der Waals surface area (Å²) in [6, 6.07) is 12.5. The molecule has 1 aromatic carbocycles. The fraction of sp³-hybridized carbons (Fsp3) is 0.531. The zero-order chi connectivity index (χ0) is 29.8. The third-order valence-corrected chi connectivity index (χ3v) is 9.34. The van der Waals surface area contributed by atoms with Crippen LogP contribution in [-0.2, 0) is 9.59 Å². The van der Waals surface area contributed by atoms with Crippen LogP contribution in [0.15, 0.2) is 42.7 Å². The Kier molecular flexibility index (Phi) is 8.74. The molecule has 4 heterocycles. The van der Waals surface area contributed by atoms with Crippen molar-refractivity contribution in [1.29, 1.82) is 5.26 Å². The number of carbonyl (C=O) groups is 2. The van der Waals surface area contributed by atoms with Gasteiger partial charge in [0, 0.05) is 87.8 Å². The molecule has 2 saturated heterocycles. The van der Waals surface area contributed by atoms with Gasteiger partial charge in [-0.2, -0.15) is 10.2 Å². The second-order valence-electron chi connectivity index (χ2n) is 11.8. The van der Waals surface area contributed by atoms with Crippen LogP contribution in [0, 0.1) is 17.2 Å². The van der Waals surface area contributed by atoms with Crippen molar-refractivity contribution in [3.63, 3.8) is 0 Å². The van der Waals surface area contributed by atoms with Gasteiger partial charge in [-0.05, 0) is 56.5 Å². The van der Waals surface area contributed by atoms with Gasteiger partial charge < -0.3 is 29.5 Å². The van der Waals surface area contributed by atoms with Crippen LogP contribution in [0.3, 0.4) is 0 Å². The van der Waals surface area contributed by atoms with Crippen molar-refractivity contribution in [3.05, 3.63) is 42.7 Å². The van der Waals surface area contributed by atoms with Crippen molar-refractivity contribution in [2.24, 2.45) is 5.92 Å². The predicted octanol–water partition coefficient (Wildman–Crippen LogP) is 3.12. The Morgan fingerprint density at radius 1 is 0.953 bits per heavy atom. The van der Waals surface area contributed by atoms with Crippen molar-refractivity contribution < 1.29 is 9.59 Å². The van der Waals surface area contributed by atoms with Crippen LogP contribution in [0.2, 0.25) is 0 Å². The molecule has 1 saturated carbocycles. The number of nitrogens with zero attached hydrogens (tertiary/aromatic N) is 8. The lowest BCUT2D eigenvalue weighted by Crippen LogP contribution is -2.50. The van der Waals surface area contributed by atoms with Crippen LogP contribution >= 0.6 is 0 Å². The summed E-state index contributed by atoms with van der Waals surface area (Å²) >= 11 is 0. The van der Waals surface area contributed by atoms with Crippen molar-refractivity contribution in [3.8, 4) is 11.9 Å². The first-order chi connectivity index (χ1) is 21.0. The van der Waals surface area contributed by atoms with Gasteiger partial charge in [0.25, 0.3) is 0 Å². The third-order valence-electron chi connectivity index (χ3n) is 9.34. The van der Waals surface area contributed by atoms with E-state index in [-0.39, 0.29) is 24.3 Å². The molecular weight excluding hydrogens is 542 g/mol. The van der Waals surface area contributed by atoms with E-state index in [4.69, 9.17) is 10.2 Å². The Morgan fingerprint density at radius 2 is 1.70 bits per heavy atom. The number of amides is 2. The van der Waals surface area contributed by atoms with E-state index >= 15 is 0 Å². The highest BCUT2D eigenvalue weighted by molar-refractivity contribution is 5.94. The normalized spacial score (nSPS) is 21.5. The van der Waals surface area contributed by atoms with E-state index in [2.05, 4.69) is 60.8 Å². The minimum atomic E-state index is -0.0951. The first-order valence-corrected chi connectivity index (χ1v) is 15.6. The lowest BCUT2D eigenvalue weighted by Gasteiger charge is -2.37. The van der Waals surface area contributed by atoms with Gasteiger partial charge in [-0.25, -0.2) is 4.98 Å². The van der Waals surface area contributed by atoms with Crippen molar-refractivity contribution in [2.75, 3.05) is 69.1 Å². The van der Waals surface area contributed by atoms with E-state index in [0.29, 0.717) is 24.9 Å². The van der Waals surface area contributed by atoms with E-state index in [9.17, 15) is 9.59 Å². The Labute approximate surface area is 253 Å². The smallest absolute Gasteiger partial charge is 0.236 e. The molecule has 2 aromatic heterocycles. The lowest BCUT2D eigenvalue weighted by molar-refractivity contribution is -0.138. The van der Waals surface area contributed by atoms with E-state index < -0.39 is 0 Å². The van der Waals surface area contributed by atoms with Crippen molar-refractivity contribution in [2.45, 2.75) is 45.1 Å². The molecule has 3 aliphatic rings. The van der Waals surface area contributed by atoms with Crippen molar-refractivity contribution in [1.82, 2.24) is 29.2 Å². The zero-order valence-corrected chi connectivity index (χ0v) is 25.0. The summed E-state index contributed by atoms with van der Waals surface area (Å²) in [5.74, 6) is 1.77. The summed E-state index contributed by atoms with van der Waals surface area (Å²) in [5.41, 5.74) is 2.19. The number of likely N-dealkylation sites (N-methyl/N-ethyl adjacent to an activating group) is 1. The number of aromatic nitrogens is 3. The summed E-state index contributed by atoms with van der Waals surface area (Å²) in [6.07, 6.45) is 7.44. The fourth-order valence-electron chi connectivity index (χ4n) is 6.77. The second kappa shape index (κ2) is 13.0. The monoisotopic (exact) mass is 583 g/mol. The van der Waals surface area contributed by atoms with E-state index in [1.165, 1.54) is 0 Å². The minimum Gasteiger partial charge on any atom is -0.367 e. The highest BCUT2D eigenvalue weighted by Gasteiger charge is 2.31. The molecule has 43 heavy (non-hydrogen) atoms. The number of rotatable bonds is 7. The van der Waals surface area contributed by atoms with Crippen LogP contribution in [0.1, 0.15) is 39.0 Å². The highest BCUT2D eigenvalue weighted by atomic mass is 16.2. The van der Waals surface area contributed by atoms with Crippen LogP contribution in [0.25, 0.3) is 16.7 Å². The maximum absolute atomic E-state index is 13.1. The standard InChI is InChI=1S/C32H41N9O2/c1-2-37-16-18-40(19-17-37)31(43)24-6-8-25(9-7-24)35-32-34-14-11-29(36-32)41-15-12-26-27(4-3-5-28(26)41)38-20-22-39(23-21-38)30(42)10-13-33/h3-5,11-12,14-15,24-25H,2,6-10,16-23H2,1H3,(H,34,35,36). The molecule has 6 rings (SSSR count). The molecule has 1 aliphatic carbocycles. The lowest BCUT2D eigenvalue weighted by atomic mass is 9.85. The number of piperazine rings is 2. The molecule has 2 aliphatic heterocycles. The molecule has 0 bridgehead atoms. The number of nitrogens with one attached hydrogen (secondary N) is 1. The average molecular weight is 584 g/mol. The molecule has 3 fully saturated rings. The summed E-state index contributed by atoms with van der Waals surface area (Å²) in [7, 11) is 0. The average Bonchev–Trinajstić information content (AvgIpc) is 3.50. The molecule has 1 N–H and O–H groups in total. The molecular formula is C32H41N9O2. The van der Waals surface area contributed by atoms with Gasteiger partial charge in [-0.1, -0.05) is 13.0 Å². The highest BCUT2D eigenvalue weighted by Crippen LogP contribution is 2.31. The van der Waals surface area contributed by atoms with Gasteiger partial charge in [0.1, 0.15) is 12.2 Å². The summed E-state index contributed by atoms with van der Waals surface area (Å²) in [6.45, 7) is 9.58. The third kappa shape index (κ3) is 6.30. The minimum absolute atomic E-state index is 0.0634. The molecule has 11 nitrogen and oxygen atoms in total. The topological polar surface area (TPSA) is 114 Å². The molecule has 2 amide bonds. The second-order valence-corrected chi connectivity index (χ2v) is 11.8. The largest absolute Gasteiger partial charge is 0.367 e. The molecule has 0 atom stereocenters. The Bertz CT molecular complexity index is 1470. The quantitative estimate of drug-likeness (QED) is 0.452. The molecule has 3 aromatic rings. The van der Waals surface area contributed by atoms with Crippen LogP contribution in [0.5, 0.6) is 0 Å². The van der Waals surface area contributed by atoms with Crippen LogP contribution < -0.4 is 10.2 Å². The van der Waals surface area contributed by atoms with E-state index in [1.807, 2.05) is 18.3 Å². The molecule has 0 spiro atoms. The SMILES string of the molecule is CCN1CCN(C(=O)C2CCC(Nc3nccc(-n4ccc5c(N6CCN(C(=O)CC#N)CC6)cccc54)n3)CC2)CC1. The summed E-state index contributed by atoms with van der Waals surface area (Å²) in [5, 5.41) is 13.5. The molecule has 0 radical (unpaired) electrons. The van der Waals surface area contributed by atoms with Crippen LogP contribution in [0.4, 0.5) is 11.6 Å². The Morgan fingerprint density at radius 3 is 2.42 bits per heavy atom. The van der Waals surface area contributed by atoms with Gasteiger partial charge in [0.15, 0.2) is 0 Å². The predicted molar refractivity (Wildman–Crippen MR) is 166 cm³/mol. The number of hydrogen-bond donors (Lipinski definition) is 1. The first-order valence-electron chi connectivity index (χ1n) is 15.6. The number of nitriles is 1. The number of anilines is 2. The number of hydrogen-bond acceptors (Lipinski definition) is 8. The van der Waals surface area contributed by atoms with Gasteiger partial charge >= 0.3 is 0 Å². The van der Waals surface area contributed by atoms with Gasteiger partial charge in [0.2, 0.25) is 17.8 Å². The van der Waals surface area contributed by atoms with Gasteiger partial charge in [-0.3, -0.25) is 9.59 Å². The molecule has 226 valence electrons. The maximum atomic E-state index is 13.1. The zero-order valence-electron chi connectivity index (χ0n) is 25.0.